The number of amides is 1. The topological polar surface area (TPSA) is 79.3 Å². The predicted octanol–water partition coefficient (Wildman–Crippen LogP) is 3.19. The van der Waals surface area contributed by atoms with Crippen molar-refractivity contribution in [2.24, 2.45) is 0 Å². The summed E-state index contributed by atoms with van der Waals surface area (Å²) in [6, 6.07) is 5.63. The molecular formula is C17H20N2O3S. The highest BCUT2D eigenvalue weighted by molar-refractivity contribution is 7.13. The van der Waals surface area contributed by atoms with E-state index in [1.54, 1.807) is 6.92 Å². The summed E-state index contributed by atoms with van der Waals surface area (Å²) < 4.78 is 0. The first-order chi connectivity index (χ1) is 10.8. The van der Waals surface area contributed by atoms with E-state index in [4.69, 9.17) is 5.11 Å². The zero-order chi connectivity index (χ0) is 17.1. The van der Waals surface area contributed by atoms with Crippen molar-refractivity contribution in [1.82, 2.24) is 10.3 Å². The number of nitrogens with one attached hydrogen (secondary N) is 1. The molecule has 0 spiro atoms. The van der Waals surface area contributed by atoms with Crippen LogP contribution in [-0.2, 0) is 11.2 Å². The van der Waals surface area contributed by atoms with Crippen LogP contribution in [0.15, 0.2) is 18.2 Å². The number of carboxylic acids is 1. The van der Waals surface area contributed by atoms with Gasteiger partial charge in [0.2, 0.25) is 5.91 Å². The molecule has 122 valence electrons. The number of hydrogen-bond donors (Lipinski definition) is 2. The number of benzene rings is 1. The number of aromatic nitrogens is 1. The van der Waals surface area contributed by atoms with Crippen LogP contribution >= 0.6 is 11.3 Å². The lowest BCUT2D eigenvalue weighted by molar-refractivity contribution is -0.121. The number of hydrogen-bond acceptors (Lipinski definition) is 4. The average Bonchev–Trinajstić information content (AvgIpc) is 2.85. The monoisotopic (exact) mass is 332 g/mol. The van der Waals surface area contributed by atoms with Crippen LogP contribution in [0, 0.1) is 20.8 Å². The molecule has 2 N–H and O–H groups in total. The molecular weight excluding hydrogens is 312 g/mol. The van der Waals surface area contributed by atoms with Crippen LogP contribution in [-0.4, -0.2) is 22.0 Å². The highest BCUT2D eigenvalue weighted by Crippen LogP contribution is 2.23. The maximum atomic E-state index is 12.3. The summed E-state index contributed by atoms with van der Waals surface area (Å²) in [7, 11) is 0. The van der Waals surface area contributed by atoms with Gasteiger partial charge in [-0.2, -0.15) is 0 Å². The normalized spacial score (nSPS) is 12.0. The number of carboxylic acid groups (broad SMARTS) is 1. The molecule has 0 fully saturated rings. The minimum atomic E-state index is -0.986. The standard InChI is InChI=1S/C17H20N2O3S/c1-9-6-5-7-10(2)13(9)8-14(20)18-12(4)16-19-11(3)15(23-16)17(21)22/h5-7,12H,8H2,1-4H3,(H,18,20)(H,21,22). The van der Waals surface area contributed by atoms with Crippen molar-refractivity contribution in [2.45, 2.75) is 40.2 Å². The Morgan fingerprint density at radius 3 is 2.39 bits per heavy atom. The van der Waals surface area contributed by atoms with Crippen molar-refractivity contribution in [2.75, 3.05) is 0 Å². The van der Waals surface area contributed by atoms with E-state index >= 15 is 0 Å². The number of thiazole rings is 1. The molecule has 0 aliphatic rings. The van der Waals surface area contributed by atoms with Gasteiger partial charge in [0.25, 0.3) is 0 Å². The van der Waals surface area contributed by atoms with Gasteiger partial charge in [-0.1, -0.05) is 18.2 Å². The fraction of sp³-hybridized carbons (Fsp3) is 0.353. The Kier molecular flexibility index (Phi) is 5.15. The second-order valence-corrected chi connectivity index (χ2v) is 6.64. The van der Waals surface area contributed by atoms with Crippen molar-refractivity contribution in [3.05, 3.63) is 50.5 Å². The van der Waals surface area contributed by atoms with Crippen LogP contribution in [0.4, 0.5) is 0 Å². The van der Waals surface area contributed by atoms with Gasteiger partial charge in [0.05, 0.1) is 18.2 Å². The van der Waals surface area contributed by atoms with Gasteiger partial charge in [0.1, 0.15) is 9.88 Å². The Morgan fingerprint density at radius 1 is 1.26 bits per heavy atom. The van der Waals surface area contributed by atoms with Gasteiger partial charge in [-0.25, -0.2) is 9.78 Å². The molecule has 1 heterocycles. The van der Waals surface area contributed by atoms with Crippen LogP contribution in [0.1, 0.15) is 50.0 Å². The van der Waals surface area contributed by atoms with Gasteiger partial charge < -0.3 is 10.4 Å². The quantitative estimate of drug-likeness (QED) is 0.881. The third-order valence-electron chi connectivity index (χ3n) is 3.74. The van der Waals surface area contributed by atoms with Crippen molar-refractivity contribution >= 4 is 23.2 Å². The molecule has 1 atom stereocenters. The SMILES string of the molecule is Cc1cccc(C)c1CC(=O)NC(C)c1nc(C)c(C(=O)O)s1. The van der Waals surface area contributed by atoms with Crippen molar-refractivity contribution in [1.29, 1.82) is 0 Å². The second kappa shape index (κ2) is 6.91. The molecule has 23 heavy (non-hydrogen) atoms. The van der Waals surface area contributed by atoms with Gasteiger partial charge in [0, 0.05) is 0 Å². The summed E-state index contributed by atoms with van der Waals surface area (Å²) in [6.45, 7) is 7.45. The molecule has 6 heteroatoms. The summed E-state index contributed by atoms with van der Waals surface area (Å²) in [6.07, 6.45) is 0.305. The van der Waals surface area contributed by atoms with Gasteiger partial charge in [-0.05, 0) is 44.4 Å². The number of carbonyl (C=O) groups is 2. The van der Waals surface area contributed by atoms with Crippen LogP contribution in [0.3, 0.4) is 0 Å². The summed E-state index contributed by atoms with van der Waals surface area (Å²) in [5.41, 5.74) is 3.68. The molecule has 0 bridgehead atoms. The molecule has 0 saturated heterocycles. The van der Waals surface area contributed by atoms with Crippen LogP contribution in [0.25, 0.3) is 0 Å². The summed E-state index contributed by atoms with van der Waals surface area (Å²) >= 11 is 1.10. The Morgan fingerprint density at radius 2 is 1.87 bits per heavy atom. The summed E-state index contributed by atoms with van der Waals surface area (Å²) in [4.78, 5) is 27.8. The van der Waals surface area contributed by atoms with E-state index < -0.39 is 5.97 Å². The zero-order valence-corrected chi connectivity index (χ0v) is 14.5. The van der Waals surface area contributed by atoms with Gasteiger partial charge in [0.15, 0.2) is 0 Å². The maximum Gasteiger partial charge on any atom is 0.347 e. The van der Waals surface area contributed by atoms with E-state index in [1.165, 1.54) is 0 Å². The largest absolute Gasteiger partial charge is 0.477 e. The summed E-state index contributed by atoms with van der Waals surface area (Å²) in [5.74, 6) is -1.08. The minimum absolute atomic E-state index is 0.0976. The van der Waals surface area contributed by atoms with Crippen molar-refractivity contribution in [3.63, 3.8) is 0 Å². The number of nitrogens with zero attached hydrogens (tertiary/aromatic N) is 1. The first-order valence-corrected chi connectivity index (χ1v) is 8.16. The smallest absolute Gasteiger partial charge is 0.347 e. The predicted molar refractivity (Wildman–Crippen MR) is 90.0 cm³/mol. The highest BCUT2D eigenvalue weighted by Gasteiger charge is 2.19. The van der Waals surface area contributed by atoms with Gasteiger partial charge in [-0.3, -0.25) is 4.79 Å². The van der Waals surface area contributed by atoms with Crippen LogP contribution < -0.4 is 5.32 Å². The lowest BCUT2D eigenvalue weighted by Gasteiger charge is -2.13. The van der Waals surface area contributed by atoms with Crippen LogP contribution in [0.5, 0.6) is 0 Å². The molecule has 1 aromatic carbocycles. The molecule has 0 saturated carbocycles. The number of rotatable bonds is 5. The Bertz CT molecular complexity index is 732. The molecule has 1 amide bonds. The first-order valence-electron chi connectivity index (χ1n) is 7.34. The second-order valence-electron chi connectivity index (χ2n) is 5.61. The molecule has 5 nitrogen and oxygen atoms in total. The Balaban J connectivity index is 2.08. The molecule has 0 aliphatic heterocycles. The number of aromatic carboxylic acids is 1. The Hall–Kier alpha value is -2.21. The lowest BCUT2D eigenvalue weighted by atomic mass is 10.00. The van der Waals surface area contributed by atoms with E-state index in [9.17, 15) is 9.59 Å². The Labute approximate surface area is 139 Å². The fourth-order valence-corrected chi connectivity index (χ4v) is 3.35. The molecule has 2 rings (SSSR count). The van der Waals surface area contributed by atoms with E-state index in [2.05, 4.69) is 10.3 Å². The fourth-order valence-electron chi connectivity index (χ4n) is 2.44. The lowest BCUT2D eigenvalue weighted by Crippen LogP contribution is -2.28. The van der Waals surface area contributed by atoms with E-state index in [0.717, 1.165) is 28.0 Å². The molecule has 0 aliphatic carbocycles. The van der Waals surface area contributed by atoms with Gasteiger partial charge >= 0.3 is 5.97 Å². The average molecular weight is 332 g/mol. The third-order valence-corrected chi connectivity index (χ3v) is 5.07. The third kappa shape index (κ3) is 3.96. The number of carbonyl (C=O) groups excluding carboxylic acids is 1. The van der Waals surface area contributed by atoms with E-state index in [-0.39, 0.29) is 16.8 Å². The molecule has 1 unspecified atom stereocenters. The van der Waals surface area contributed by atoms with Crippen molar-refractivity contribution in [3.8, 4) is 0 Å². The summed E-state index contributed by atoms with van der Waals surface area (Å²) in [5, 5.41) is 12.6. The molecule has 0 radical (unpaired) electrons. The van der Waals surface area contributed by atoms with Crippen LogP contribution in [0.2, 0.25) is 0 Å². The van der Waals surface area contributed by atoms with E-state index in [0.29, 0.717) is 17.1 Å². The van der Waals surface area contributed by atoms with Gasteiger partial charge in [-0.15, -0.1) is 11.3 Å². The minimum Gasteiger partial charge on any atom is -0.477 e. The zero-order valence-electron chi connectivity index (χ0n) is 13.6. The highest BCUT2D eigenvalue weighted by atomic mass is 32.1. The first kappa shape index (κ1) is 17.1. The molecule has 1 aromatic heterocycles. The maximum absolute atomic E-state index is 12.3. The number of aryl methyl sites for hydroxylation is 3. The van der Waals surface area contributed by atoms with Crippen molar-refractivity contribution < 1.29 is 14.7 Å². The van der Waals surface area contributed by atoms with E-state index in [1.807, 2.05) is 39.0 Å². The molecule has 2 aromatic rings.